The smallest absolute Gasteiger partial charge is 0.303 e. The van der Waals surface area contributed by atoms with Gasteiger partial charge in [-0.2, -0.15) is 5.10 Å². The fourth-order valence-corrected chi connectivity index (χ4v) is 5.23. The molecule has 1 atom stereocenters. The highest BCUT2D eigenvalue weighted by molar-refractivity contribution is 5.94. The maximum absolute atomic E-state index is 11.0. The third-order valence-electron chi connectivity index (χ3n) is 7.22. The third kappa shape index (κ3) is 5.63. The second-order valence-corrected chi connectivity index (χ2v) is 9.90. The summed E-state index contributed by atoms with van der Waals surface area (Å²) in [5, 5.41) is 15.3. The minimum Gasteiger partial charge on any atom is -0.494 e. The number of aliphatic carboxylic acids is 1. The van der Waals surface area contributed by atoms with E-state index >= 15 is 0 Å². The highest BCUT2D eigenvalue weighted by Crippen LogP contribution is 2.36. The molecular weight excluding hydrogens is 464 g/mol. The van der Waals surface area contributed by atoms with Crippen LogP contribution in [0.25, 0.3) is 22.2 Å². The molecule has 0 bridgehead atoms. The number of hydrogen-bond acceptors (Lipinski definition) is 4. The van der Waals surface area contributed by atoms with Gasteiger partial charge in [-0.3, -0.25) is 9.48 Å². The fraction of sp³-hybridized carbons (Fsp3) is 0.355. The van der Waals surface area contributed by atoms with Gasteiger partial charge in [-0.05, 0) is 79.3 Å². The Balaban J connectivity index is 1.38. The van der Waals surface area contributed by atoms with Crippen LogP contribution in [0.2, 0.25) is 0 Å². The number of benzene rings is 3. The van der Waals surface area contributed by atoms with E-state index in [1.165, 1.54) is 12.8 Å². The maximum atomic E-state index is 11.0. The molecule has 1 unspecified atom stereocenters. The van der Waals surface area contributed by atoms with E-state index in [0.717, 1.165) is 57.6 Å². The second-order valence-electron chi connectivity index (χ2n) is 9.90. The predicted molar refractivity (Wildman–Crippen MR) is 145 cm³/mol. The van der Waals surface area contributed by atoms with Crippen molar-refractivity contribution < 1.29 is 19.4 Å². The van der Waals surface area contributed by atoms with E-state index in [4.69, 9.17) is 19.7 Å². The summed E-state index contributed by atoms with van der Waals surface area (Å²) in [6, 6.07) is 22.8. The Morgan fingerprint density at radius 2 is 1.68 bits per heavy atom. The van der Waals surface area contributed by atoms with E-state index in [1.807, 2.05) is 50.2 Å². The van der Waals surface area contributed by atoms with Crippen LogP contribution in [0, 0.1) is 0 Å². The van der Waals surface area contributed by atoms with E-state index in [-0.39, 0.29) is 12.3 Å². The van der Waals surface area contributed by atoms with Crippen molar-refractivity contribution in [3.8, 4) is 22.8 Å². The zero-order valence-electron chi connectivity index (χ0n) is 21.5. The molecule has 1 N–H and O–H groups in total. The molecule has 5 rings (SSSR count). The largest absolute Gasteiger partial charge is 0.494 e. The molecule has 1 aliphatic carbocycles. The summed E-state index contributed by atoms with van der Waals surface area (Å²) in [5.41, 5.74) is 5.33. The average Bonchev–Trinajstić information content (AvgIpc) is 3.56. The molecule has 0 aliphatic heterocycles. The van der Waals surface area contributed by atoms with Gasteiger partial charge < -0.3 is 14.6 Å². The van der Waals surface area contributed by atoms with Crippen molar-refractivity contribution in [3.63, 3.8) is 0 Å². The molecule has 0 amide bonds. The lowest BCUT2D eigenvalue weighted by molar-refractivity contribution is -0.137. The molecule has 1 saturated carbocycles. The van der Waals surface area contributed by atoms with Crippen LogP contribution in [-0.4, -0.2) is 27.5 Å². The number of aromatic nitrogens is 2. The van der Waals surface area contributed by atoms with Gasteiger partial charge in [0.1, 0.15) is 23.8 Å². The first-order valence-electron chi connectivity index (χ1n) is 13.2. The first kappa shape index (κ1) is 24.9. The SMILES string of the molecule is CCOc1ccc(-c2nn(C3CCCC3)c3cc(COc4ccc(C(C)CC(=O)O)cc4)ccc23)cc1. The Bertz CT molecular complexity index is 1350. The first-order valence-corrected chi connectivity index (χ1v) is 13.2. The lowest BCUT2D eigenvalue weighted by Gasteiger charge is -2.13. The van der Waals surface area contributed by atoms with E-state index in [2.05, 4.69) is 35.0 Å². The number of carboxylic acids is 1. The zero-order chi connectivity index (χ0) is 25.8. The van der Waals surface area contributed by atoms with Gasteiger partial charge in [0.25, 0.3) is 0 Å². The van der Waals surface area contributed by atoms with Crippen molar-refractivity contribution in [3.05, 3.63) is 77.9 Å². The van der Waals surface area contributed by atoms with Crippen LogP contribution in [0.1, 0.15) is 69.0 Å². The molecule has 0 spiro atoms. The van der Waals surface area contributed by atoms with Crippen LogP contribution in [0.4, 0.5) is 0 Å². The topological polar surface area (TPSA) is 73.6 Å². The Morgan fingerprint density at radius 1 is 1.00 bits per heavy atom. The minimum atomic E-state index is -0.786. The predicted octanol–water partition coefficient (Wildman–Crippen LogP) is 7.37. The van der Waals surface area contributed by atoms with Gasteiger partial charge >= 0.3 is 5.97 Å². The molecular formula is C31H34N2O4. The van der Waals surface area contributed by atoms with Gasteiger partial charge in [0, 0.05) is 10.9 Å². The summed E-state index contributed by atoms with van der Waals surface area (Å²) in [6.45, 7) is 5.02. The van der Waals surface area contributed by atoms with Crippen LogP contribution in [0.5, 0.6) is 11.5 Å². The molecule has 6 nitrogen and oxygen atoms in total. The quantitative estimate of drug-likeness (QED) is 0.247. The number of nitrogens with zero attached hydrogens (tertiary/aromatic N) is 2. The fourth-order valence-electron chi connectivity index (χ4n) is 5.23. The van der Waals surface area contributed by atoms with E-state index in [0.29, 0.717) is 19.3 Å². The molecule has 1 heterocycles. The molecule has 192 valence electrons. The maximum Gasteiger partial charge on any atom is 0.303 e. The van der Waals surface area contributed by atoms with E-state index in [9.17, 15) is 4.79 Å². The summed E-state index contributed by atoms with van der Waals surface area (Å²) >= 11 is 0. The first-order chi connectivity index (χ1) is 18.0. The van der Waals surface area contributed by atoms with Crippen molar-refractivity contribution in [1.82, 2.24) is 9.78 Å². The minimum absolute atomic E-state index is 0.0330. The van der Waals surface area contributed by atoms with Gasteiger partial charge in [0.2, 0.25) is 0 Å². The molecule has 0 saturated heterocycles. The zero-order valence-corrected chi connectivity index (χ0v) is 21.5. The van der Waals surface area contributed by atoms with Crippen molar-refractivity contribution in [1.29, 1.82) is 0 Å². The standard InChI is InChI=1S/C31H34N2O4/c1-3-36-26-15-11-24(12-16-26)31-28-17-8-22(19-29(28)33(32-31)25-6-4-5-7-25)20-37-27-13-9-23(10-14-27)21(2)18-30(34)35/h8-17,19,21,25H,3-7,18,20H2,1-2H3,(H,34,35). The summed E-state index contributed by atoms with van der Waals surface area (Å²) in [7, 11) is 0. The number of carboxylic acid groups (broad SMARTS) is 1. The molecule has 1 aliphatic rings. The van der Waals surface area contributed by atoms with Gasteiger partial charge in [0.15, 0.2) is 0 Å². The van der Waals surface area contributed by atoms with Crippen molar-refractivity contribution in [2.45, 2.75) is 64.5 Å². The average molecular weight is 499 g/mol. The van der Waals surface area contributed by atoms with E-state index < -0.39 is 5.97 Å². The lowest BCUT2D eigenvalue weighted by atomic mass is 9.98. The molecule has 4 aromatic rings. The van der Waals surface area contributed by atoms with Crippen molar-refractivity contribution in [2.24, 2.45) is 0 Å². The number of ether oxygens (including phenoxy) is 2. The second kappa shape index (κ2) is 11.1. The van der Waals surface area contributed by atoms with Crippen LogP contribution < -0.4 is 9.47 Å². The van der Waals surface area contributed by atoms with Gasteiger partial charge in [-0.1, -0.05) is 44.0 Å². The van der Waals surface area contributed by atoms with Gasteiger partial charge in [0.05, 0.1) is 24.6 Å². The molecule has 6 heteroatoms. The number of hydrogen-bond donors (Lipinski definition) is 1. The van der Waals surface area contributed by atoms with Gasteiger partial charge in [-0.25, -0.2) is 0 Å². The molecule has 1 fully saturated rings. The highest BCUT2D eigenvalue weighted by Gasteiger charge is 2.22. The lowest BCUT2D eigenvalue weighted by Crippen LogP contribution is -2.06. The normalized spacial score (nSPS) is 14.6. The van der Waals surface area contributed by atoms with Crippen molar-refractivity contribution >= 4 is 16.9 Å². The number of carbonyl (C=O) groups is 1. The van der Waals surface area contributed by atoms with Crippen molar-refractivity contribution in [2.75, 3.05) is 6.61 Å². The van der Waals surface area contributed by atoms with Gasteiger partial charge in [-0.15, -0.1) is 0 Å². The summed E-state index contributed by atoms with van der Waals surface area (Å²) in [4.78, 5) is 11.0. The van der Waals surface area contributed by atoms with Crippen LogP contribution >= 0.6 is 0 Å². The summed E-state index contributed by atoms with van der Waals surface area (Å²) < 4.78 is 13.9. The van der Waals surface area contributed by atoms with E-state index in [1.54, 1.807) is 0 Å². The Kier molecular flexibility index (Phi) is 7.45. The molecule has 3 aromatic carbocycles. The summed E-state index contributed by atoms with van der Waals surface area (Å²) in [5.74, 6) is 0.820. The Hall–Kier alpha value is -3.80. The molecule has 37 heavy (non-hydrogen) atoms. The summed E-state index contributed by atoms with van der Waals surface area (Å²) in [6.07, 6.45) is 4.93. The molecule has 1 aromatic heterocycles. The Labute approximate surface area is 217 Å². The number of fused-ring (bicyclic) bond motifs is 1. The van der Waals surface area contributed by atoms with Crippen LogP contribution in [0.15, 0.2) is 66.7 Å². The highest BCUT2D eigenvalue weighted by atomic mass is 16.5. The van der Waals surface area contributed by atoms with Crippen LogP contribution in [0.3, 0.4) is 0 Å². The molecule has 0 radical (unpaired) electrons. The monoisotopic (exact) mass is 498 g/mol. The third-order valence-corrected chi connectivity index (χ3v) is 7.22. The Morgan fingerprint density at radius 3 is 2.35 bits per heavy atom. The number of rotatable bonds is 10. The van der Waals surface area contributed by atoms with Crippen LogP contribution in [-0.2, 0) is 11.4 Å².